The van der Waals surface area contributed by atoms with Gasteiger partial charge in [-0.05, 0) is 37.0 Å². The van der Waals surface area contributed by atoms with Crippen LogP contribution in [-0.2, 0) is 15.8 Å². The van der Waals surface area contributed by atoms with Crippen molar-refractivity contribution in [2.24, 2.45) is 5.41 Å². The van der Waals surface area contributed by atoms with E-state index in [1.807, 2.05) is 0 Å². The van der Waals surface area contributed by atoms with Crippen molar-refractivity contribution >= 4 is 35.0 Å². The fourth-order valence-electron chi connectivity index (χ4n) is 4.30. The maximum atomic E-state index is 13.3. The Morgan fingerprint density at radius 1 is 1.16 bits per heavy atom. The molecule has 2 amide bonds. The molecule has 0 aliphatic carbocycles. The van der Waals surface area contributed by atoms with Gasteiger partial charge in [-0.3, -0.25) is 9.59 Å². The van der Waals surface area contributed by atoms with Gasteiger partial charge in [0.25, 0.3) is 0 Å². The minimum absolute atomic E-state index is 0.000493. The molecule has 1 aromatic rings. The Kier molecular flexibility index (Phi) is 7.06. The highest BCUT2D eigenvalue weighted by atomic mass is 35.5. The summed E-state index contributed by atoms with van der Waals surface area (Å²) in [5, 5.41) is 0. The molecule has 0 aromatic heterocycles. The molecule has 168 valence electrons. The van der Waals surface area contributed by atoms with Gasteiger partial charge in [0, 0.05) is 31.6 Å². The van der Waals surface area contributed by atoms with E-state index in [0.717, 1.165) is 25.0 Å². The summed E-state index contributed by atoms with van der Waals surface area (Å²) in [4.78, 5) is 28.4. The number of hydrogen-bond donors (Lipinski definition) is 0. The summed E-state index contributed by atoms with van der Waals surface area (Å²) in [6.07, 6.45) is -0.198. The van der Waals surface area contributed by atoms with Crippen LogP contribution in [0.1, 0.15) is 36.3 Å². The molecule has 0 N–H and O–H groups in total. The van der Waals surface area contributed by atoms with Crippen LogP contribution in [0.15, 0.2) is 47.5 Å². The summed E-state index contributed by atoms with van der Waals surface area (Å²) < 4.78 is 39.4. The molecular formula is C22H23Cl2F3N2O2. The van der Waals surface area contributed by atoms with E-state index in [2.05, 4.69) is 6.58 Å². The number of likely N-dealkylation sites (tertiary alicyclic amines) is 2. The molecule has 3 rings (SSSR count). The Balaban J connectivity index is 1.73. The van der Waals surface area contributed by atoms with E-state index in [-0.39, 0.29) is 33.7 Å². The predicted molar refractivity (Wildman–Crippen MR) is 114 cm³/mol. The number of amides is 2. The number of benzene rings is 1. The zero-order valence-corrected chi connectivity index (χ0v) is 18.3. The zero-order chi connectivity index (χ0) is 22.8. The highest BCUT2D eigenvalue weighted by Gasteiger charge is 2.47. The quantitative estimate of drug-likeness (QED) is 0.554. The number of halogens is 5. The van der Waals surface area contributed by atoms with Crippen molar-refractivity contribution in [2.45, 2.75) is 31.4 Å². The smallest absolute Gasteiger partial charge is 0.342 e. The summed E-state index contributed by atoms with van der Waals surface area (Å²) >= 11 is 11.4. The van der Waals surface area contributed by atoms with E-state index >= 15 is 0 Å². The van der Waals surface area contributed by atoms with Crippen molar-refractivity contribution in [2.75, 3.05) is 26.2 Å². The average Bonchev–Trinajstić information content (AvgIpc) is 2.71. The highest BCUT2D eigenvalue weighted by Crippen LogP contribution is 2.41. The normalized spacial score (nSPS) is 18.9. The van der Waals surface area contributed by atoms with Crippen molar-refractivity contribution in [1.29, 1.82) is 0 Å². The van der Waals surface area contributed by atoms with E-state index in [1.165, 1.54) is 24.3 Å². The van der Waals surface area contributed by atoms with Crippen molar-refractivity contribution in [3.05, 3.63) is 58.6 Å². The monoisotopic (exact) mass is 474 g/mol. The molecular weight excluding hydrogens is 452 g/mol. The van der Waals surface area contributed by atoms with Crippen molar-refractivity contribution in [3.63, 3.8) is 0 Å². The molecule has 2 saturated heterocycles. The maximum Gasteiger partial charge on any atom is 0.416 e. The molecule has 9 heteroatoms. The second-order valence-electron chi connectivity index (χ2n) is 8.13. The van der Waals surface area contributed by atoms with E-state index in [9.17, 15) is 22.8 Å². The summed E-state index contributed by atoms with van der Waals surface area (Å²) in [7, 11) is 0. The fraction of sp³-hybridized carbons (Fsp3) is 0.455. The summed E-state index contributed by atoms with van der Waals surface area (Å²) in [5.41, 5.74) is -0.527. The zero-order valence-electron chi connectivity index (χ0n) is 16.8. The van der Waals surface area contributed by atoms with E-state index in [1.54, 1.807) is 9.80 Å². The predicted octanol–water partition coefficient (Wildman–Crippen LogP) is 5.14. The minimum atomic E-state index is -4.50. The van der Waals surface area contributed by atoms with Crippen LogP contribution in [0.2, 0.25) is 0 Å². The van der Waals surface area contributed by atoms with Crippen LogP contribution in [0.5, 0.6) is 0 Å². The minimum Gasteiger partial charge on any atom is -0.342 e. The summed E-state index contributed by atoms with van der Waals surface area (Å²) in [6, 6.07) is 4.81. The molecule has 2 fully saturated rings. The lowest BCUT2D eigenvalue weighted by Crippen LogP contribution is -2.62. The largest absolute Gasteiger partial charge is 0.416 e. The molecule has 1 aromatic carbocycles. The van der Waals surface area contributed by atoms with E-state index in [4.69, 9.17) is 23.2 Å². The van der Waals surface area contributed by atoms with Gasteiger partial charge in [-0.2, -0.15) is 13.2 Å². The molecule has 31 heavy (non-hydrogen) atoms. The second-order valence-corrected chi connectivity index (χ2v) is 9.14. The van der Waals surface area contributed by atoms with Crippen molar-refractivity contribution in [3.8, 4) is 0 Å². The molecule has 0 radical (unpaired) electrons. The molecule has 1 spiro atoms. The first-order valence-corrected chi connectivity index (χ1v) is 10.7. The fourth-order valence-corrected chi connectivity index (χ4v) is 4.48. The topological polar surface area (TPSA) is 40.6 Å². The Hall–Kier alpha value is -1.99. The number of alkyl halides is 3. The van der Waals surface area contributed by atoms with Gasteiger partial charge in [0.05, 0.1) is 11.5 Å². The number of carbonyl (C=O) groups is 2. The van der Waals surface area contributed by atoms with Crippen LogP contribution in [0.4, 0.5) is 13.2 Å². The molecule has 2 aliphatic rings. The number of carbonyl (C=O) groups excluding carboxylic acids is 2. The van der Waals surface area contributed by atoms with Gasteiger partial charge in [-0.15, -0.1) is 0 Å². The Bertz CT molecular complexity index is 881. The number of rotatable bonds is 5. The lowest BCUT2D eigenvalue weighted by molar-refractivity contribution is -0.146. The number of nitrogens with zero attached hydrogens (tertiary/aromatic N) is 2. The highest BCUT2D eigenvalue weighted by molar-refractivity contribution is 6.55. The standard InChI is InChI=1S/C22H23Cl2F3N2O2/c1-2-19(30)29-13-21(14-29)8-10-28(11-9-21)20(31)17(6-7-18(23)24)15-4-3-5-16(12-15)22(25,26)27/h2-5,7,12,17H,1,6,8-11,13-14H2/t17-/m0/s1. The summed E-state index contributed by atoms with van der Waals surface area (Å²) in [5.74, 6) is -1.17. The van der Waals surface area contributed by atoms with Crippen LogP contribution < -0.4 is 0 Å². The first-order valence-electron chi connectivity index (χ1n) is 9.93. The Labute approximate surface area is 189 Å². The molecule has 4 nitrogen and oxygen atoms in total. The molecule has 1 atom stereocenters. The third-order valence-electron chi connectivity index (χ3n) is 6.10. The third kappa shape index (κ3) is 5.44. The first-order chi connectivity index (χ1) is 14.5. The van der Waals surface area contributed by atoms with Crippen LogP contribution in [0.3, 0.4) is 0 Å². The second kappa shape index (κ2) is 9.25. The van der Waals surface area contributed by atoms with Crippen LogP contribution in [0, 0.1) is 5.41 Å². The van der Waals surface area contributed by atoms with Gasteiger partial charge in [0.2, 0.25) is 11.8 Å². The van der Waals surface area contributed by atoms with Gasteiger partial charge in [0.1, 0.15) is 4.49 Å². The molecule has 0 bridgehead atoms. The maximum absolute atomic E-state index is 13.3. The van der Waals surface area contributed by atoms with E-state index < -0.39 is 17.7 Å². The Morgan fingerprint density at radius 2 is 1.81 bits per heavy atom. The molecule has 2 heterocycles. The SMILES string of the molecule is C=CC(=O)N1CC2(CCN(C(=O)[C@@H](CC=C(Cl)Cl)c3cccc(C(F)(F)F)c3)CC2)C1. The number of allylic oxidation sites excluding steroid dienone is 1. The van der Waals surface area contributed by atoms with Gasteiger partial charge in [-0.25, -0.2) is 0 Å². The third-order valence-corrected chi connectivity index (χ3v) is 6.41. The Morgan fingerprint density at radius 3 is 2.35 bits per heavy atom. The van der Waals surface area contributed by atoms with Crippen LogP contribution in [0.25, 0.3) is 0 Å². The average molecular weight is 475 g/mol. The molecule has 0 unspecified atom stereocenters. The van der Waals surface area contributed by atoms with Crippen molar-refractivity contribution in [1.82, 2.24) is 9.80 Å². The van der Waals surface area contributed by atoms with Gasteiger partial charge in [0.15, 0.2) is 0 Å². The lowest BCUT2D eigenvalue weighted by Gasteiger charge is -2.54. The first kappa shape index (κ1) is 23.7. The van der Waals surface area contributed by atoms with Crippen LogP contribution >= 0.6 is 23.2 Å². The number of hydrogen-bond acceptors (Lipinski definition) is 2. The van der Waals surface area contributed by atoms with Gasteiger partial charge >= 0.3 is 6.18 Å². The van der Waals surface area contributed by atoms with Gasteiger partial charge < -0.3 is 9.80 Å². The lowest BCUT2D eigenvalue weighted by atomic mass is 9.71. The van der Waals surface area contributed by atoms with E-state index in [0.29, 0.717) is 26.2 Å². The molecule has 0 saturated carbocycles. The molecule has 2 aliphatic heterocycles. The van der Waals surface area contributed by atoms with Crippen molar-refractivity contribution < 1.29 is 22.8 Å². The van der Waals surface area contributed by atoms with Crippen LogP contribution in [-0.4, -0.2) is 47.8 Å². The van der Waals surface area contributed by atoms with Gasteiger partial charge in [-0.1, -0.05) is 54.1 Å². The number of piperidine rings is 1. The summed E-state index contributed by atoms with van der Waals surface area (Å²) in [6.45, 7) is 5.75.